The number of benzene rings is 1. The highest BCUT2D eigenvalue weighted by atomic mass is 16.5. The highest BCUT2D eigenvalue weighted by molar-refractivity contribution is 5.83. The molecule has 5 heteroatoms. The standard InChI is InChI=1S/C15H21NO4/c1-4-11-5-7-12(8-6-11)20-9-13(17)16-14(10(2)3)15(18)19/h5-8,10,14H,4,9H2,1-3H3,(H,16,17)(H,18,19)/p-1/t14-/m0/s1. The molecule has 110 valence electrons. The Morgan fingerprint density at radius 3 is 2.30 bits per heavy atom. The summed E-state index contributed by atoms with van der Waals surface area (Å²) in [6.07, 6.45) is 0.933. The third-order valence-corrected chi connectivity index (χ3v) is 2.94. The van der Waals surface area contributed by atoms with Crippen molar-refractivity contribution in [1.29, 1.82) is 0 Å². The Balaban J connectivity index is 2.47. The molecule has 20 heavy (non-hydrogen) atoms. The van der Waals surface area contributed by atoms with Gasteiger partial charge in [0.05, 0.1) is 12.0 Å². The van der Waals surface area contributed by atoms with Crippen LogP contribution in [-0.4, -0.2) is 24.5 Å². The second-order valence-electron chi connectivity index (χ2n) is 4.89. The number of amides is 1. The molecule has 0 saturated carbocycles. The number of nitrogens with one attached hydrogen (secondary N) is 1. The summed E-state index contributed by atoms with van der Waals surface area (Å²) in [5.74, 6) is -1.44. The largest absolute Gasteiger partial charge is 0.548 e. The van der Waals surface area contributed by atoms with E-state index >= 15 is 0 Å². The van der Waals surface area contributed by atoms with Crippen LogP contribution in [0.3, 0.4) is 0 Å². The lowest BCUT2D eigenvalue weighted by molar-refractivity contribution is -0.309. The molecule has 1 rings (SSSR count). The Morgan fingerprint density at radius 2 is 1.85 bits per heavy atom. The fourth-order valence-corrected chi connectivity index (χ4v) is 1.68. The van der Waals surface area contributed by atoms with Gasteiger partial charge in [0.25, 0.3) is 5.91 Å². The predicted octanol–water partition coefficient (Wildman–Crippen LogP) is 0.518. The van der Waals surface area contributed by atoms with Crippen LogP contribution in [0.15, 0.2) is 24.3 Å². The van der Waals surface area contributed by atoms with Gasteiger partial charge in [-0.2, -0.15) is 0 Å². The zero-order valence-corrected chi connectivity index (χ0v) is 12.0. The number of carboxylic acid groups (broad SMARTS) is 1. The number of aliphatic carboxylic acids is 1. The molecular formula is C15H20NO4-. The number of aryl methyl sites for hydroxylation is 1. The third kappa shape index (κ3) is 4.91. The Labute approximate surface area is 118 Å². The predicted molar refractivity (Wildman–Crippen MR) is 73.1 cm³/mol. The van der Waals surface area contributed by atoms with Gasteiger partial charge in [-0.1, -0.05) is 32.9 Å². The normalized spacial score (nSPS) is 12.0. The zero-order chi connectivity index (χ0) is 15.1. The van der Waals surface area contributed by atoms with Crippen LogP contribution in [0.4, 0.5) is 0 Å². The molecule has 1 N–H and O–H groups in total. The molecule has 0 aliphatic carbocycles. The molecule has 0 spiro atoms. The number of rotatable bonds is 7. The molecule has 1 aromatic rings. The van der Waals surface area contributed by atoms with Crippen molar-refractivity contribution in [2.45, 2.75) is 33.2 Å². The number of carbonyl (C=O) groups excluding carboxylic acids is 2. The number of carbonyl (C=O) groups is 2. The van der Waals surface area contributed by atoms with E-state index in [9.17, 15) is 14.7 Å². The van der Waals surface area contributed by atoms with Crippen molar-refractivity contribution < 1.29 is 19.4 Å². The Bertz CT molecular complexity index is 453. The summed E-state index contributed by atoms with van der Waals surface area (Å²) in [6, 6.07) is 6.40. The average Bonchev–Trinajstić information content (AvgIpc) is 2.42. The van der Waals surface area contributed by atoms with Crippen LogP contribution in [0, 0.1) is 5.92 Å². The first-order valence-corrected chi connectivity index (χ1v) is 6.66. The van der Waals surface area contributed by atoms with Crippen molar-refractivity contribution in [1.82, 2.24) is 5.32 Å². The topological polar surface area (TPSA) is 78.5 Å². The van der Waals surface area contributed by atoms with Gasteiger partial charge in [-0.3, -0.25) is 4.79 Å². The fourth-order valence-electron chi connectivity index (χ4n) is 1.68. The summed E-state index contributed by atoms with van der Waals surface area (Å²) >= 11 is 0. The van der Waals surface area contributed by atoms with E-state index in [-0.39, 0.29) is 12.5 Å². The monoisotopic (exact) mass is 278 g/mol. The number of carboxylic acids is 1. The Kier molecular flexibility index (Phi) is 6.03. The molecule has 0 aliphatic rings. The zero-order valence-electron chi connectivity index (χ0n) is 12.0. The van der Waals surface area contributed by atoms with E-state index in [0.29, 0.717) is 5.75 Å². The Morgan fingerprint density at radius 1 is 1.25 bits per heavy atom. The summed E-state index contributed by atoms with van der Waals surface area (Å²) in [4.78, 5) is 22.5. The molecule has 0 fully saturated rings. The van der Waals surface area contributed by atoms with Crippen molar-refractivity contribution in [3.8, 4) is 5.75 Å². The molecule has 0 aromatic heterocycles. The van der Waals surface area contributed by atoms with Gasteiger partial charge in [0.15, 0.2) is 6.61 Å². The van der Waals surface area contributed by atoms with Crippen LogP contribution in [0.25, 0.3) is 0 Å². The van der Waals surface area contributed by atoms with Crippen LogP contribution in [0.2, 0.25) is 0 Å². The van der Waals surface area contributed by atoms with E-state index in [0.717, 1.165) is 6.42 Å². The minimum Gasteiger partial charge on any atom is -0.548 e. The summed E-state index contributed by atoms with van der Waals surface area (Å²) < 4.78 is 5.30. The highest BCUT2D eigenvalue weighted by Crippen LogP contribution is 2.12. The van der Waals surface area contributed by atoms with Gasteiger partial charge in [0, 0.05) is 0 Å². The molecule has 1 atom stereocenters. The van der Waals surface area contributed by atoms with Crippen molar-refractivity contribution in [3.63, 3.8) is 0 Å². The molecule has 0 saturated heterocycles. The van der Waals surface area contributed by atoms with Crippen LogP contribution >= 0.6 is 0 Å². The Hall–Kier alpha value is -2.04. The van der Waals surface area contributed by atoms with Gasteiger partial charge < -0.3 is 20.0 Å². The lowest BCUT2D eigenvalue weighted by Gasteiger charge is -2.23. The van der Waals surface area contributed by atoms with Crippen LogP contribution in [-0.2, 0) is 16.0 Å². The smallest absolute Gasteiger partial charge is 0.258 e. The van der Waals surface area contributed by atoms with Crippen molar-refractivity contribution >= 4 is 11.9 Å². The summed E-state index contributed by atoms with van der Waals surface area (Å²) in [7, 11) is 0. The maximum atomic E-state index is 11.6. The molecule has 0 heterocycles. The number of ether oxygens (including phenoxy) is 1. The van der Waals surface area contributed by atoms with Crippen LogP contribution in [0.5, 0.6) is 5.75 Å². The van der Waals surface area contributed by atoms with E-state index in [2.05, 4.69) is 12.2 Å². The first-order chi connectivity index (χ1) is 9.43. The lowest BCUT2D eigenvalue weighted by atomic mass is 10.1. The van der Waals surface area contributed by atoms with Gasteiger partial charge in [-0.15, -0.1) is 0 Å². The van der Waals surface area contributed by atoms with Crippen LogP contribution in [0.1, 0.15) is 26.3 Å². The average molecular weight is 278 g/mol. The second kappa shape index (κ2) is 7.53. The summed E-state index contributed by atoms with van der Waals surface area (Å²) in [6.45, 7) is 5.23. The molecule has 5 nitrogen and oxygen atoms in total. The quantitative estimate of drug-likeness (QED) is 0.788. The number of hydrogen-bond donors (Lipinski definition) is 1. The van der Waals surface area contributed by atoms with Gasteiger partial charge in [0.2, 0.25) is 0 Å². The first-order valence-electron chi connectivity index (χ1n) is 6.66. The first kappa shape index (κ1) is 16.0. The highest BCUT2D eigenvalue weighted by Gasteiger charge is 2.17. The minimum absolute atomic E-state index is 0.220. The minimum atomic E-state index is -1.29. The molecular weight excluding hydrogens is 258 g/mol. The number of hydrogen-bond acceptors (Lipinski definition) is 4. The third-order valence-electron chi connectivity index (χ3n) is 2.94. The molecule has 1 amide bonds. The van der Waals surface area contributed by atoms with Gasteiger partial charge in [0.1, 0.15) is 5.75 Å². The summed E-state index contributed by atoms with van der Waals surface area (Å²) in [5, 5.41) is 13.2. The maximum Gasteiger partial charge on any atom is 0.258 e. The van der Waals surface area contributed by atoms with Crippen molar-refractivity contribution in [2.75, 3.05) is 6.61 Å². The second-order valence-corrected chi connectivity index (χ2v) is 4.89. The van der Waals surface area contributed by atoms with E-state index in [4.69, 9.17) is 4.74 Å². The van der Waals surface area contributed by atoms with Crippen molar-refractivity contribution in [2.24, 2.45) is 5.92 Å². The van der Waals surface area contributed by atoms with Crippen molar-refractivity contribution in [3.05, 3.63) is 29.8 Å². The van der Waals surface area contributed by atoms with Gasteiger partial charge in [-0.05, 0) is 30.0 Å². The van der Waals surface area contributed by atoms with E-state index < -0.39 is 17.9 Å². The van der Waals surface area contributed by atoms with E-state index in [1.54, 1.807) is 26.0 Å². The fraction of sp³-hybridized carbons (Fsp3) is 0.467. The molecule has 1 aromatic carbocycles. The van der Waals surface area contributed by atoms with Gasteiger partial charge >= 0.3 is 0 Å². The molecule has 0 aliphatic heterocycles. The molecule has 0 bridgehead atoms. The maximum absolute atomic E-state index is 11.6. The van der Waals surface area contributed by atoms with Gasteiger partial charge in [-0.25, -0.2) is 0 Å². The molecule has 0 unspecified atom stereocenters. The van der Waals surface area contributed by atoms with E-state index in [1.807, 2.05) is 12.1 Å². The SMILES string of the molecule is CCc1ccc(OCC(=O)N[C@H](C(=O)[O-])C(C)C)cc1. The summed E-state index contributed by atoms with van der Waals surface area (Å²) in [5.41, 5.74) is 1.18. The van der Waals surface area contributed by atoms with E-state index in [1.165, 1.54) is 5.56 Å². The lowest BCUT2D eigenvalue weighted by Crippen LogP contribution is -2.51. The van der Waals surface area contributed by atoms with Crippen LogP contribution < -0.4 is 15.2 Å². The molecule has 0 radical (unpaired) electrons.